The van der Waals surface area contributed by atoms with E-state index in [2.05, 4.69) is 4.98 Å². The minimum absolute atomic E-state index is 0.0227. The Morgan fingerprint density at radius 2 is 1.13 bits per heavy atom. The molecule has 0 saturated carbocycles. The quantitative estimate of drug-likeness (QED) is 0.235. The van der Waals surface area contributed by atoms with Crippen LogP contribution < -0.4 is 4.73 Å². The van der Waals surface area contributed by atoms with E-state index in [-0.39, 0.29) is 27.0 Å². The predicted octanol–water partition coefficient (Wildman–Crippen LogP) is 5.57. The molecule has 2 aromatic carbocycles. The van der Waals surface area contributed by atoms with Gasteiger partial charge in [-0.3, -0.25) is 4.98 Å². The van der Waals surface area contributed by atoms with Crippen LogP contribution in [0.5, 0.6) is 0 Å². The average molecular weight is 434 g/mol. The lowest BCUT2D eigenvalue weighted by Crippen LogP contribution is -2.25. The van der Waals surface area contributed by atoms with E-state index in [0.717, 1.165) is 48.8 Å². The van der Waals surface area contributed by atoms with Crippen molar-refractivity contribution in [3.05, 3.63) is 113 Å². The van der Waals surface area contributed by atoms with Crippen LogP contribution in [0.4, 0.5) is 26.3 Å². The van der Waals surface area contributed by atoms with E-state index in [0.29, 0.717) is 12.3 Å². The van der Waals surface area contributed by atoms with Crippen molar-refractivity contribution < 1.29 is 31.1 Å². The third kappa shape index (κ3) is 5.59. The van der Waals surface area contributed by atoms with Gasteiger partial charge in [-0.1, -0.05) is 0 Å². The SMILES string of the molecule is Fc1cc(F)cc(-c2ccncc2F)c1.[O-][n+]1ccc(-c2cc(F)cc(F)c2)c(F)c1. The minimum atomic E-state index is -0.831. The highest BCUT2D eigenvalue weighted by Crippen LogP contribution is 2.24. The molecule has 3 nitrogen and oxygen atoms in total. The second-order valence-corrected chi connectivity index (χ2v) is 6.24. The van der Waals surface area contributed by atoms with E-state index in [1.54, 1.807) is 0 Å². The van der Waals surface area contributed by atoms with E-state index in [1.165, 1.54) is 12.3 Å². The Hall–Kier alpha value is -3.88. The summed E-state index contributed by atoms with van der Waals surface area (Å²) in [4.78, 5) is 3.55. The number of nitrogens with zero attached hydrogens (tertiary/aromatic N) is 2. The van der Waals surface area contributed by atoms with Crippen molar-refractivity contribution >= 4 is 0 Å². The van der Waals surface area contributed by atoms with Gasteiger partial charge in [0.15, 0.2) is 12.0 Å². The molecule has 2 aromatic heterocycles. The third-order valence-electron chi connectivity index (χ3n) is 4.01. The molecule has 4 aromatic rings. The molecule has 0 fully saturated rings. The second kappa shape index (κ2) is 9.29. The molecule has 9 heteroatoms. The molecular weight excluding hydrogens is 422 g/mol. The molecule has 0 N–H and O–H groups in total. The van der Waals surface area contributed by atoms with Gasteiger partial charge in [0.1, 0.15) is 29.1 Å². The minimum Gasteiger partial charge on any atom is -0.619 e. The predicted molar refractivity (Wildman–Crippen MR) is 100 cm³/mol. The molecule has 2 heterocycles. The van der Waals surface area contributed by atoms with E-state index in [9.17, 15) is 31.5 Å². The number of rotatable bonds is 2. The summed E-state index contributed by atoms with van der Waals surface area (Å²) in [5.41, 5.74) is 0.317. The summed E-state index contributed by atoms with van der Waals surface area (Å²) in [5, 5.41) is 10.7. The Labute approximate surface area is 172 Å². The zero-order chi connectivity index (χ0) is 22.5. The van der Waals surface area contributed by atoms with Crippen molar-refractivity contribution in [1.82, 2.24) is 4.98 Å². The van der Waals surface area contributed by atoms with Crippen molar-refractivity contribution in [3.63, 3.8) is 0 Å². The Kier molecular flexibility index (Phi) is 6.54. The van der Waals surface area contributed by atoms with Gasteiger partial charge in [0.25, 0.3) is 0 Å². The average Bonchev–Trinajstić information content (AvgIpc) is 2.67. The van der Waals surface area contributed by atoms with Gasteiger partial charge in [-0.25, -0.2) is 22.0 Å². The van der Waals surface area contributed by atoms with Gasteiger partial charge in [-0.15, -0.1) is 0 Å². The van der Waals surface area contributed by atoms with Gasteiger partial charge in [0, 0.05) is 35.5 Å². The maximum Gasteiger partial charge on any atom is 0.216 e. The summed E-state index contributed by atoms with van der Waals surface area (Å²) in [5.74, 6) is -4.51. The zero-order valence-corrected chi connectivity index (χ0v) is 15.5. The molecule has 0 atom stereocenters. The van der Waals surface area contributed by atoms with E-state index in [4.69, 9.17) is 0 Å². The first-order chi connectivity index (χ1) is 14.7. The second-order valence-electron chi connectivity index (χ2n) is 6.24. The monoisotopic (exact) mass is 434 g/mol. The third-order valence-corrected chi connectivity index (χ3v) is 4.01. The van der Waals surface area contributed by atoms with Crippen molar-refractivity contribution in [2.24, 2.45) is 0 Å². The van der Waals surface area contributed by atoms with E-state index >= 15 is 0 Å². The molecular formula is C22H12F6N2O. The highest BCUT2D eigenvalue weighted by atomic mass is 19.2. The van der Waals surface area contributed by atoms with E-state index < -0.39 is 34.9 Å². The summed E-state index contributed by atoms with van der Waals surface area (Å²) in [6.45, 7) is 0. The molecule has 31 heavy (non-hydrogen) atoms. The normalized spacial score (nSPS) is 10.4. The molecule has 0 aliphatic rings. The van der Waals surface area contributed by atoms with Crippen molar-refractivity contribution in [2.45, 2.75) is 0 Å². The summed E-state index contributed by atoms with van der Waals surface area (Å²) in [7, 11) is 0. The van der Waals surface area contributed by atoms with Gasteiger partial charge < -0.3 is 5.21 Å². The van der Waals surface area contributed by atoms with Gasteiger partial charge in [0.2, 0.25) is 6.20 Å². The topological polar surface area (TPSA) is 39.8 Å². The van der Waals surface area contributed by atoms with Crippen LogP contribution in [0.1, 0.15) is 0 Å². The number of hydrogen-bond acceptors (Lipinski definition) is 2. The molecule has 0 aliphatic carbocycles. The Bertz CT molecular complexity index is 1190. The fourth-order valence-corrected chi connectivity index (χ4v) is 2.71. The molecule has 0 spiro atoms. The van der Waals surface area contributed by atoms with Crippen LogP contribution in [0.2, 0.25) is 0 Å². The fourth-order valence-electron chi connectivity index (χ4n) is 2.71. The number of aromatic nitrogens is 2. The standard InChI is InChI=1S/C11H6F3NO.C11H6F3N/c12-8-3-7(4-9(13)5-8)10-1-2-15(16)6-11(10)14;12-8-3-7(4-9(13)5-8)10-1-2-15-6-11(10)14/h1-6H;1-6H. The largest absolute Gasteiger partial charge is 0.619 e. The Morgan fingerprint density at radius 3 is 1.58 bits per heavy atom. The van der Waals surface area contributed by atoms with Crippen molar-refractivity contribution in [1.29, 1.82) is 0 Å². The van der Waals surface area contributed by atoms with Gasteiger partial charge in [-0.2, -0.15) is 9.12 Å². The highest BCUT2D eigenvalue weighted by Gasteiger charge is 2.11. The van der Waals surface area contributed by atoms with Gasteiger partial charge in [0.05, 0.1) is 6.20 Å². The number of hydrogen-bond donors (Lipinski definition) is 0. The molecule has 4 rings (SSSR count). The first kappa shape index (κ1) is 21.8. The lowest BCUT2D eigenvalue weighted by Gasteiger charge is -2.03. The molecule has 0 unspecified atom stereocenters. The Balaban J connectivity index is 0.000000176. The molecule has 158 valence electrons. The zero-order valence-electron chi connectivity index (χ0n) is 15.5. The van der Waals surface area contributed by atoms with Crippen LogP contribution in [0, 0.1) is 40.1 Å². The smallest absolute Gasteiger partial charge is 0.216 e. The molecule has 0 saturated heterocycles. The first-order valence-electron chi connectivity index (χ1n) is 8.63. The van der Waals surface area contributed by atoms with Crippen LogP contribution in [-0.4, -0.2) is 4.98 Å². The van der Waals surface area contributed by atoms with Crippen LogP contribution >= 0.6 is 0 Å². The molecule has 0 aliphatic heterocycles. The summed E-state index contributed by atoms with van der Waals surface area (Å²) < 4.78 is 78.4. The number of halogens is 6. The molecule has 0 radical (unpaired) electrons. The van der Waals surface area contributed by atoms with Gasteiger partial charge >= 0.3 is 0 Å². The Morgan fingerprint density at radius 1 is 0.645 bits per heavy atom. The van der Waals surface area contributed by atoms with Crippen molar-refractivity contribution in [3.8, 4) is 22.3 Å². The maximum atomic E-state index is 13.3. The fraction of sp³-hybridized carbons (Fsp3) is 0. The summed E-state index contributed by atoms with van der Waals surface area (Å²) in [6, 6.07) is 8.09. The number of benzene rings is 2. The van der Waals surface area contributed by atoms with Crippen LogP contribution in [0.3, 0.4) is 0 Å². The van der Waals surface area contributed by atoms with Crippen LogP contribution in [0.15, 0.2) is 73.3 Å². The van der Waals surface area contributed by atoms with Crippen LogP contribution in [0.25, 0.3) is 22.3 Å². The van der Waals surface area contributed by atoms with Crippen LogP contribution in [-0.2, 0) is 0 Å². The lowest BCUT2D eigenvalue weighted by molar-refractivity contribution is -0.607. The summed E-state index contributed by atoms with van der Waals surface area (Å²) >= 11 is 0. The molecule has 0 bridgehead atoms. The van der Waals surface area contributed by atoms with Gasteiger partial charge in [-0.05, 0) is 41.5 Å². The number of pyridine rings is 2. The van der Waals surface area contributed by atoms with Crippen molar-refractivity contribution in [2.75, 3.05) is 0 Å². The van der Waals surface area contributed by atoms with E-state index in [1.807, 2.05) is 0 Å². The first-order valence-corrected chi connectivity index (χ1v) is 8.63. The molecule has 0 amide bonds. The summed E-state index contributed by atoms with van der Waals surface area (Å²) in [6.07, 6.45) is 4.11. The lowest BCUT2D eigenvalue weighted by atomic mass is 10.1. The highest BCUT2D eigenvalue weighted by molar-refractivity contribution is 5.64. The maximum absolute atomic E-state index is 13.3.